The second-order valence-electron chi connectivity index (χ2n) is 3.21. The van der Waals surface area contributed by atoms with Gasteiger partial charge in [0.15, 0.2) is 0 Å². The molecule has 2 rings (SSSR count). The molecule has 0 radical (unpaired) electrons. The molecule has 0 saturated heterocycles. The van der Waals surface area contributed by atoms with E-state index in [2.05, 4.69) is 27.0 Å². The Morgan fingerprint density at radius 3 is 3.20 bits per heavy atom. The standard InChI is InChI=1S/C10H14N4S/c11-3-4-12-6-8-7-13-14-10(8)9-2-1-5-15-9/h1-2,5,7,12H,3-4,6,11H2,(H,13,14). The van der Waals surface area contributed by atoms with Crippen molar-refractivity contribution in [3.8, 4) is 10.6 Å². The zero-order valence-corrected chi connectivity index (χ0v) is 9.18. The number of rotatable bonds is 5. The van der Waals surface area contributed by atoms with Gasteiger partial charge in [-0.05, 0) is 11.4 Å². The molecule has 2 aromatic heterocycles. The Morgan fingerprint density at radius 2 is 2.47 bits per heavy atom. The van der Waals surface area contributed by atoms with E-state index in [4.69, 9.17) is 5.73 Å². The third-order valence-electron chi connectivity index (χ3n) is 2.12. The summed E-state index contributed by atoms with van der Waals surface area (Å²) in [4.78, 5) is 1.22. The predicted molar refractivity (Wildman–Crippen MR) is 62.7 cm³/mol. The molecule has 4 N–H and O–H groups in total. The highest BCUT2D eigenvalue weighted by atomic mass is 32.1. The number of nitrogens with two attached hydrogens (primary N) is 1. The lowest BCUT2D eigenvalue weighted by Crippen LogP contribution is -2.21. The average molecular weight is 222 g/mol. The van der Waals surface area contributed by atoms with Crippen LogP contribution in [-0.4, -0.2) is 23.3 Å². The minimum Gasteiger partial charge on any atom is -0.329 e. The molecule has 2 aromatic rings. The lowest BCUT2D eigenvalue weighted by molar-refractivity contribution is 0.696. The lowest BCUT2D eigenvalue weighted by Gasteiger charge is -2.02. The van der Waals surface area contributed by atoms with Crippen LogP contribution in [0.4, 0.5) is 0 Å². The van der Waals surface area contributed by atoms with Crippen LogP contribution in [0.3, 0.4) is 0 Å². The van der Waals surface area contributed by atoms with Gasteiger partial charge in [-0.1, -0.05) is 6.07 Å². The smallest absolute Gasteiger partial charge is 0.0794 e. The zero-order valence-electron chi connectivity index (χ0n) is 8.36. The van der Waals surface area contributed by atoms with Crippen molar-refractivity contribution in [1.82, 2.24) is 15.5 Å². The predicted octanol–water partition coefficient (Wildman–Crippen LogP) is 1.19. The number of hydrogen-bond donors (Lipinski definition) is 3. The van der Waals surface area contributed by atoms with Crippen molar-refractivity contribution >= 4 is 11.3 Å². The summed E-state index contributed by atoms with van der Waals surface area (Å²) in [5.41, 5.74) is 7.71. The van der Waals surface area contributed by atoms with Gasteiger partial charge in [0.1, 0.15) is 0 Å². The molecule has 0 fully saturated rings. The largest absolute Gasteiger partial charge is 0.329 e. The van der Waals surface area contributed by atoms with Gasteiger partial charge in [0.25, 0.3) is 0 Å². The van der Waals surface area contributed by atoms with E-state index in [9.17, 15) is 0 Å². The highest BCUT2D eigenvalue weighted by Crippen LogP contribution is 2.25. The van der Waals surface area contributed by atoms with E-state index in [-0.39, 0.29) is 0 Å². The van der Waals surface area contributed by atoms with Crippen LogP contribution in [0, 0.1) is 0 Å². The molecule has 80 valence electrons. The molecular weight excluding hydrogens is 208 g/mol. The highest BCUT2D eigenvalue weighted by molar-refractivity contribution is 7.13. The third-order valence-corrected chi connectivity index (χ3v) is 3.01. The van der Waals surface area contributed by atoms with Crippen molar-refractivity contribution in [2.24, 2.45) is 5.73 Å². The zero-order chi connectivity index (χ0) is 10.5. The van der Waals surface area contributed by atoms with Crippen molar-refractivity contribution < 1.29 is 0 Å². The van der Waals surface area contributed by atoms with E-state index in [0.29, 0.717) is 6.54 Å². The fourth-order valence-electron chi connectivity index (χ4n) is 1.40. The van der Waals surface area contributed by atoms with Gasteiger partial charge in [0.2, 0.25) is 0 Å². The van der Waals surface area contributed by atoms with Gasteiger partial charge in [-0.15, -0.1) is 11.3 Å². The van der Waals surface area contributed by atoms with Crippen LogP contribution in [-0.2, 0) is 6.54 Å². The minimum absolute atomic E-state index is 0.659. The van der Waals surface area contributed by atoms with Crippen LogP contribution < -0.4 is 11.1 Å². The van der Waals surface area contributed by atoms with Gasteiger partial charge in [-0.25, -0.2) is 0 Å². The summed E-state index contributed by atoms with van der Waals surface area (Å²) in [5, 5.41) is 12.4. The molecule has 5 heteroatoms. The van der Waals surface area contributed by atoms with E-state index >= 15 is 0 Å². The van der Waals surface area contributed by atoms with Crippen LogP contribution in [0.1, 0.15) is 5.56 Å². The van der Waals surface area contributed by atoms with Crippen LogP contribution in [0.2, 0.25) is 0 Å². The monoisotopic (exact) mass is 222 g/mol. The Labute approximate surface area is 92.5 Å². The van der Waals surface area contributed by atoms with E-state index in [1.54, 1.807) is 11.3 Å². The first-order chi connectivity index (χ1) is 7.42. The van der Waals surface area contributed by atoms with E-state index in [1.165, 1.54) is 10.4 Å². The maximum atomic E-state index is 5.42. The molecule has 0 saturated carbocycles. The first kappa shape index (κ1) is 10.4. The highest BCUT2D eigenvalue weighted by Gasteiger charge is 2.07. The summed E-state index contributed by atoms with van der Waals surface area (Å²) in [6.07, 6.45) is 1.86. The van der Waals surface area contributed by atoms with Gasteiger partial charge in [-0.3, -0.25) is 5.10 Å². The molecule has 15 heavy (non-hydrogen) atoms. The summed E-state index contributed by atoms with van der Waals surface area (Å²) in [6, 6.07) is 4.13. The number of H-pyrrole nitrogens is 1. The molecule has 0 atom stereocenters. The summed E-state index contributed by atoms with van der Waals surface area (Å²) in [6.45, 7) is 2.29. The normalized spacial score (nSPS) is 10.7. The molecule has 2 heterocycles. The van der Waals surface area contributed by atoms with Crippen LogP contribution in [0.15, 0.2) is 23.7 Å². The van der Waals surface area contributed by atoms with Crippen LogP contribution >= 0.6 is 11.3 Å². The number of nitrogens with one attached hydrogen (secondary N) is 2. The molecule has 0 aliphatic rings. The second-order valence-corrected chi connectivity index (χ2v) is 4.16. The van der Waals surface area contributed by atoms with Crippen LogP contribution in [0.25, 0.3) is 10.6 Å². The quantitative estimate of drug-likeness (QED) is 0.666. The van der Waals surface area contributed by atoms with Crippen molar-refractivity contribution in [1.29, 1.82) is 0 Å². The van der Waals surface area contributed by atoms with Crippen molar-refractivity contribution in [2.75, 3.05) is 13.1 Å². The Kier molecular flexibility index (Phi) is 3.49. The molecule has 4 nitrogen and oxygen atoms in total. The average Bonchev–Trinajstić information content (AvgIpc) is 2.87. The summed E-state index contributed by atoms with van der Waals surface area (Å²) in [7, 11) is 0. The Morgan fingerprint density at radius 1 is 1.53 bits per heavy atom. The summed E-state index contributed by atoms with van der Waals surface area (Å²) < 4.78 is 0. The molecule has 0 aliphatic heterocycles. The SMILES string of the molecule is NCCNCc1cn[nH]c1-c1cccs1. The number of aromatic nitrogens is 2. The Bertz CT molecular complexity index is 393. The molecule has 0 aromatic carbocycles. The Balaban J connectivity index is 2.09. The number of thiophene rings is 1. The lowest BCUT2D eigenvalue weighted by atomic mass is 10.2. The fraction of sp³-hybridized carbons (Fsp3) is 0.300. The van der Waals surface area contributed by atoms with Gasteiger partial charge in [0.05, 0.1) is 16.8 Å². The molecule has 0 amide bonds. The van der Waals surface area contributed by atoms with Gasteiger partial charge in [-0.2, -0.15) is 5.10 Å². The van der Waals surface area contributed by atoms with Gasteiger partial charge >= 0.3 is 0 Å². The minimum atomic E-state index is 0.659. The van der Waals surface area contributed by atoms with Gasteiger partial charge < -0.3 is 11.1 Å². The van der Waals surface area contributed by atoms with E-state index in [1.807, 2.05) is 12.3 Å². The summed E-state index contributed by atoms with van der Waals surface area (Å²) >= 11 is 1.71. The van der Waals surface area contributed by atoms with Crippen molar-refractivity contribution in [3.63, 3.8) is 0 Å². The fourth-order valence-corrected chi connectivity index (χ4v) is 2.16. The second kappa shape index (κ2) is 5.06. The molecule has 0 aliphatic carbocycles. The number of hydrogen-bond acceptors (Lipinski definition) is 4. The number of nitrogens with zero attached hydrogens (tertiary/aromatic N) is 1. The third kappa shape index (κ3) is 2.44. The number of aromatic amines is 1. The first-order valence-electron chi connectivity index (χ1n) is 4.88. The molecular formula is C10H14N4S. The maximum Gasteiger partial charge on any atom is 0.0794 e. The van der Waals surface area contributed by atoms with Crippen molar-refractivity contribution in [3.05, 3.63) is 29.3 Å². The molecule has 0 unspecified atom stereocenters. The molecule has 0 spiro atoms. The molecule has 0 bridgehead atoms. The topological polar surface area (TPSA) is 66.7 Å². The van der Waals surface area contributed by atoms with Gasteiger partial charge in [0, 0.05) is 25.2 Å². The first-order valence-corrected chi connectivity index (χ1v) is 5.76. The maximum absolute atomic E-state index is 5.42. The van der Waals surface area contributed by atoms with E-state index in [0.717, 1.165) is 18.8 Å². The van der Waals surface area contributed by atoms with E-state index < -0.39 is 0 Å². The summed E-state index contributed by atoms with van der Waals surface area (Å²) in [5.74, 6) is 0. The van der Waals surface area contributed by atoms with Crippen LogP contribution in [0.5, 0.6) is 0 Å². The van der Waals surface area contributed by atoms with Crippen molar-refractivity contribution in [2.45, 2.75) is 6.54 Å². The Hall–Kier alpha value is -1.17.